The number of aromatic nitrogens is 2. The average Bonchev–Trinajstić information content (AvgIpc) is 3.40. The number of furan rings is 1. The van der Waals surface area contributed by atoms with Crippen molar-refractivity contribution >= 4 is 15.7 Å². The Bertz CT molecular complexity index is 1080. The number of hydrogen-bond acceptors (Lipinski definition) is 8. The van der Waals surface area contributed by atoms with E-state index in [1.807, 2.05) is 0 Å². The zero-order chi connectivity index (χ0) is 19.7. The van der Waals surface area contributed by atoms with Crippen molar-refractivity contribution in [1.82, 2.24) is 14.5 Å². The lowest BCUT2D eigenvalue weighted by Gasteiger charge is -2.29. The fourth-order valence-electron chi connectivity index (χ4n) is 3.21. The Morgan fingerprint density at radius 3 is 2.57 bits per heavy atom. The van der Waals surface area contributed by atoms with Crippen molar-refractivity contribution in [3.8, 4) is 11.5 Å². The third kappa shape index (κ3) is 3.29. The molecule has 0 radical (unpaired) electrons. The lowest BCUT2D eigenvalue weighted by Crippen LogP contribution is -2.38. The first-order valence-corrected chi connectivity index (χ1v) is 10.0. The van der Waals surface area contributed by atoms with E-state index in [2.05, 4.69) is 10.2 Å². The average molecular weight is 404 g/mol. The minimum atomic E-state index is -3.96. The van der Waals surface area contributed by atoms with Gasteiger partial charge in [0, 0.05) is 25.1 Å². The third-order valence-electron chi connectivity index (χ3n) is 4.69. The molecule has 11 heteroatoms. The van der Waals surface area contributed by atoms with Crippen molar-refractivity contribution in [2.45, 2.75) is 23.7 Å². The summed E-state index contributed by atoms with van der Waals surface area (Å²) in [4.78, 5) is 10.2. The molecule has 0 unspecified atom stereocenters. The van der Waals surface area contributed by atoms with Gasteiger partial charge in [-0.3, -0.25) is 10.1 Å². The van der Waals surface area contributed by atoms with Gasteiger partial charge >= 0.3 is 0 Å². The molecule has 0 aliphatic carbocycles. The van der Waals surface area contributed by atoms with Crippen LogP contribution in [0.1, 0.15) is 24.7 Å². The van der Waals surface area contributed by atoms with E-state index in [1.54, 1.807) is 6.07 Å². The van der Waals surface area contributed by atoms with Gasteiger partial charge in [0.25, 0.3) is 11.6 Å². The van der Waals surface area contributed by atoms with Gasteiger partial charge in [-0.15, -0.1) is 10.2 Å². The van der Waals surface area contributed by atoms with Gasteiger partial charge in [-0.1, -0.05) is 12.1 Å². The number of piperidine rings is 1. The van der Waals surface area contributed by atoms with Crippen LogP contribution < -0.4 is 0 Å². The summed E-state index contributed by atoms with van der Waals surface area (Å²) in [5.74, 6) is 0.711. The Kier molecular flexibility index (Phi) is 4.69. The molecule has 1 aliphatic rings. The molecule has 0 amide bonds. The van der Waals surface area contributed by atoms with Crippen LogP contribution in [0.5, 0.6) is 0 Å². The Hall–Kier alpha value is -3.05. The van der Waals surface area contributed by atoms with Crippen LogP contribution in [-0.4, -0.2) is 40.9 Å². The second-order valence-corrected chi connectivity index (χ2v) is 8.27. The van der Waals surface area contributed by atoms with Gasteiger partial charge in [0.1, 0.15) is 6.26 Å². The molecule has 4 rings (SSSR count). The minimum Gasteiger partial charge on any atom is -0.472 e. The maximum atomic E-state index is 12.9. The monoisotopic (exact) mass is 404 g/mol. The van der Waals surface area contributed by atoms with Gasteiger partial charge < -0.3 is 8.83 Å². The van der Waals surface area contributed by atoms with Crippen LogP contribution in [0.3, 0.4) is 0 Å². The number of para-hydroxylation sites is 1. The van der Waals surface area contributed by atoms with Gasteiger partial charge in [-0.25, -0.2) is 8.42 Å². The first-order valence-electron chi connectivity index (χ1n) is 8.56. The summed E-state index contributed by atoms with van der Waals surface area (Å²) in [5.41, 5.74) is 0.251. The second-order valence-electron chi connectivity index (χ2n) is 6.36. The Morgan fingerprint density at radius 1 is 1.14 bits per heavy atom. The predicted octanol–water partition coefficient (Wildman–Crippen LogP) is 2.81. The number of benzene rings is 1. The summed E-state index contributed by atoms with van der Waals surface area (Å²) in [6, 6.07) is 7.07. The molecule has 28 heavy (non-hydrogen) atoms. The highest BCUT2D eigenvalue weighted by molar-refractivity contribution is 7.89. The van der Waals surface area contributed by atoms with Crippen molar-refractivity contribution in [3.63, 3.8) is 0 Å². The molecular formula is C17H16N4O6S. The topological polar surface area (TPSA) is 133 Å². The quantitative estimate of drug-likeness (QED) is 0.468. The standard InChI is InChI=1S/C17H16N4O6S/c22-21(23)14-3-1-2-4-15(14)28(24,25)20-8-5-12(6-9-20)16-18-19-17(27-16)13-7-10-26-11-13/h1-4,7,10-12H,5-6,8-9H2. The molecule has 10 nitrogen and oxygen atoms in total. The van der Waals surface area contributed by atoms with E-state index in [0.29, 0.717) is 30.2 Å². The van der Waals surface area contributed by atoms with Crippen molar-refractivity contribution in [2.75, 3.05) is 13.1 Å². The second kappa shape index (κ2) is 7.17. The van der Waals surface area contributed by atoms with Crippen molar-refractivity contribution in [3.05, 3.63) is 58.9 Å². The lowest BCUT2D eigenvalue weighted by atomic mass is 9.98. The van der Waals surface area contributed by atoms with Crippen LogP contribution in [0.25, 0.3) is 11.5 Å². The summed E-state index contributed by atoms with van der Waals surface area (Å²) in [5, 5.41) is 19.2. The maximum absolute atomic E-state index is 12.9. The van der Waals surface area contributed by atoms with E-state index >= 15 is 0 Å². The molecule has 3 aromatic rings. The van der Waals surface area contributed by atoms with Gasteiger partial charge in [0.15, 0.2) is 4.90 Å². The van der Waals surface area contributed by atoms with Crippen LogP contribution in [0, 0.1) is 10.1 Å². The number of hydrogen-bond donors (Lipinski definition) is 0. The van der Waals surface area contributed by atoms with E-state index in [9.17, 15) is 18.5 Å². The van der Waals surface area contributed by atoms with E-state index < -0.39 is 20.6 Å². The molecule has 0 N–H and O–H groups in total. The Balaban J connectivity index is 1.49. The molecule has 1 saturated heterocycles. The zero-order valence-electron chi connectivity index (χ0n) is 14.6. The maximum Gasteiger partial charge on any atom is 0.289 e. The molecule has 0 spiro atoms. The third-order valence-corrected chi connectivity index (χ3v) is 6.64. The fraction of sp³-hybridized carbons (Fsp3) is 0.294. The van der Waals surface area contributed by atoms with E-state index in [4.69, 9.17) is 8.83 Å². The first-order chi connectivity index (χ1) is 13.5. The number of nitro groups is 1. The van der Waals surface area contributed by atoms with Crippen LogP contribution in [0.4, 0.5) is 5.69 Å². The van der Waals surface area contributed by atoms with Crippen LogP contribution in [-0.2, 0) is 10.0 Å². The lowest BCUT2D eigenvalue weighted by molar-refractivity contribution is -0.387. The van der Waals surface area contributed by atoms with Crippen molar-refractivity contribution in [2.24, 2.45) is 0 Å². The zero-order valence-corrected chi connectivity index (χ0v) is 15.4. The first kappa shape index (κ1) is 18.3. The van der Waals surface area contributed by atoms with E-state index in [-0.39, 0.29) is 23.9 Å². The van der Waals surface area contributed by atoms with Gasteiger partial charge in [0.05, 0.1) is 16.7 Å². The highest BCUT2D eigenvalue weighted by Crippen LogP contribution is 2.33. The molecule has 2 aromatic heterocycles. The van der Waals surface area contributed by atoms with Crippen molar-refractivity contribution < 1.29 is 22.2 Å². The number of rotatable bonds is 5. The number of nitrogens with zero attached hydrogens (tertiary/aromatic N) is 4. The highest BCUT2D eigenvalue weighted by Gasteiger charge is 2.35. The summed E-state index contributed by atoms with van der Waals surface area (Å²) in [7, 11) is -3.96. The normalized spacial score (nSPS) is 16.3. The molecule has 1 fully saturated rings. The van der Waals surface area contributed by atoms with Crippen LogP contribution in [0.2, 0.25) is 0 Å². The van der Waals surface area contributed by atoms with E-state index in [1.165, 1.54) is 41.1 Å². The predicted molar refractivity (Wildman–Crippen MR) is 95.8 cm³/mol. The molecule has 0 bridgehead atoms. The summed E-state index contributed by atoms with van der Waals surface area (Å²) in [6.45, 7) is 0.422. The summed E-state index contributed by atoms with van der Waals surface area (Å²) >= 11 is 0. The molecule has 0 atom stereocenters. The van der Waals surface area contributed by atoms with Crippen LogP contribution >= 0.6 is 0 Å². The Morgan fingerprint density at radius 2 is 1.89 bits per heavy atom. The molecule has 3 heterocycles. The van der Waals surface area contributed by atoms with Crippen LogP contribution in [0.15, 0.2) is 56.6 Å². The largest absolute Gasteiger partial charge is 0.472 e. The minimum absolute atomic E-state index is 0.0784. The van der Waals surface area contributed by atoms with Gasteiger partial charge in [-0.05, 0) is 25.0 Å². The van der Waals surface area contributed by atoms with Crippen molar-refractivity contribution in [1.29, 1.82) is 0 Å². The molecular weight excluding hydrogens is 388 g/mol. The SMILES string of the molecule is O=[N+]([O-])c1ccccc1S(=O)(=O)N1CCC(c2nnc(-c3ccoc3)o2)CC1. The number of nitro benzene ring substituents is 1. The van der Waals surface area contributed by atoms with E-state index in [0.717, 1.165) is 0 Å². The number of sulfonamides is 1. The molecule has 1 aliphatic heterocycles. The Labute approximate surface area is 160 Å². The van der Waals surface area contributed by atoms with Gasteiger partial charge in [0.2, 0.25) is 15.9 Å². The molecule has 0 saturated carbocycles. The molecule has 146 valence electrons. The summed E-state index contributed by atoms with van der Waals surface area (Å²) in [6.07, 6.45) is 3.96. The fourth-order valence-corrected chi connectivity index (χ4v) is 4.84. The molecule has 1 aromatic carbocycles. The smallest absolute Gasteiger partial charge is 0.289 e. The summed E-state index contributed by atoms with van der Waals surface area (Å²) < 4.78 is 37.7. The van der Waals surface area contributed by atoms with Gasteiger partial charge in [-0.2, -0.15) is 4.31 Å². The highest BCUT2D eigenvalue weighted by atomic mass is 32.2.